The Bertz CT molecular complexity index is 592. The number of ether oxygens (including phenoxy) is 1. The van der Waals surface area contributed by atoms with E-state index in [1.54, 1.807) is 0 Å². The summed E-state index contributed by atoms with van der Waals surface area (Å²) in [5.41, 5.74) is 5.06. The summed E-state index contributed by atoms with van der Waals surface area (Å²) in [7, 11) is 1.52. The summed E-state index contributed by atoms with van der Waals surface area (Å²) >= 11 is 0. The van der Waals surface area contributed by atoms with Gasteiger partial charge in [0.05, 0.1) is 7.11 Å². The van der Waals surface area contributed by atoms with Crippen LogP contribution in [0.25, 0.3) is 0 Å². The average Bonchev–Trinajstić information content (AvgIpc) is 2.57. The third-order valence-corrected chi connectivity index (χ3v) is 3.63. The highest BCUT2D eigenvalue weighted by Crippen LogP contribution is 2.13. The molecule has 120 valence electrons. The smallest absolute Gasteiger partial charge is 0.167 e. The molecule has 0 saturated heterocycles. The molecule has 1 atom stereocenters. The van der Waals surface area contributed by atoms with Gasteiger partial charge >= 0.3 is 0 Å². The fourth-order valence-corrected chi connectivity index (χ4v) is 2.52. The lowest BCUT2D eigenvalue weighted by molar-refractivity contribution is 0.0825. The summed E-state index contributed by atoms with van der Waals surface area (Å²) in [5.74, 6) is 0.371. The molecule has 0 aliphatic heterocycles. The second kappa shape index (κ2) is 8.96. The maximum atomic E-state index is 10.3. The fourth-order valence-electron chi connectivity index (χ4n) is 2.52. The predicted molar refractivity (Wildman–Crippen MR) is 92.7 cm³/mol. The number of methoxy groups -OCH3 is 1. The number of rotatable bonds is 8. The van der Waals surface area contributed by atoms with E-state index in [1.165, 1.54) is 18.2 Å². The zero-order valence-electron chi connectivity index (χ0n) is 13.5. The van der Waals surface area contributed by atoms with E-state index in [2.05, 4.69) is 41.5 Å². The van der Waals surface area contributed by atoms with Crippen LogP contribution in [-0.4, -0.2) is 29.8 Å². The fraction of sp³-hybridized carbons (Fsp3) is 0.250. The van der Waals surface area contributed by atoms with Crippen LogP contribution in [0.5, 0.6) is 0 Å². The van der Waals surface area contributed by atoms with Crippen molar-refractivity contribution in [2.75, 3.05) is 13.7 Å². The minimum atomic E-state index is -0.745. The van der Waals surface area contributed by atoms with Crippen molar-refractivity contribution in [1.29, 1.82) is 0 Å². The van der Waals surface area contributed by atoms with E-state index in [9.17, 15) is 5.11 Å². The lowest BCUT2D eigenvalue weighted by Gasteiger charge is -2.25. The van der Waals surface area contributed by atoms with Crippen molar-refractivity contribution < 1.29 is 9.84 Å². The summed E-state index contributed by atoms with van der Waals surface area (Å²) in [4.78, 5) is 2.19. The molecule has 0 amide bonds. The van der Waals surface area contributed by atoms with E-state index in [-0.39, 0.29) is 0 Å². The molecule has 2 aromatic rings. The van der Waals surface area contributed by atoms with Crippen molar-refractivity contribution in [3.05, 3.63) is 89.9 Å². The molecule has 1 N–H and O–H groups in total. The van der Waals surface area contributed by atoms with Crippen LogP contribution >= 0.6 is 0 Å². The Balaban J connectivity index is 2.12. The van der Waals surface area contributed by atoms with Gasteiger partial charge in [0.2, 0.25) is 0 Å². The molecule has 2 aromatic carbocycles. The number of hydrogen-bond donors (Lipinski definition) is 1. The topological polar surface area (TPSA) is 32.7 Å². The first-order valence-corrected chi connectivity index (χ1v) is 7.65. The van der Waals surface area contributed by atoms with Gasteiger partial charge in [-0.25, -0.2) is 0 Å². The summed E-state index contributed by atoms with van der Waals surface area (Å²) in [5, 5.41) is 10.3. The van der Waals surface area contributed by atoms with Gasteiger partial charge in [-0.05, 0) is 11.1 Å². The van der Waals surface area contributed by atoms with E-state index in [0.717, 1.165) is 13.1 Å². The number of hydrogen-bond acceptors (Lipinski definition) is 3. The van der Waals surface area contributed by atoms with Gasteiger partial charge in [-0.3, -0.25) is 4.90 Å². The Labute approximate surface area is 138 Å². The van der Waals surface area contributed by atoms with Gasteiger partial charge in [-0.1, -0.05) is 73.0 Å². The number of nitrogens with zero attached hydrogens (tertiary/aromatic N) is 1. The van der Waals surface area contributed by atoms with Crippen LogP contribution in [0.4, 0.5) is 0 Å². The Morgan fingerprint density at radius 1 is 1.04 bits per heavy atom. The van der Waals surface area contributed by atoms with Crippen LogP contribution in [0.1, 0.15) is 11.1 Å². The molecule has 0 bridgehead atoms. The molecule has 0 saturated carbocycles. The molecule has 3 heteroatoms. The molecule has 2 rings (SSSR count). The lowest BCUT2D eigenvalue weighted by Crippen LogP contribution is -2.33. The molecular weight excluding hydrogens is 286 g/mol. The first-order valence-electron chi connectivity index (χ1n) is 7.65. The molecule has 23 heavy (non-hydrogen) atoms. The average molecular weight is 309 g/mol. The molecule has 0 aliphatic rings. The number of benzene rings is 2. The standard InChI is InChI=1S/C20H23NO2/c1-3-20(23-2)19(22)16-21(14-17-10-6-4-7-11-17)15-18-12-8-5-9-13-18/h4-13,19,22H,1,14-16H2,2H3/t19-/m1/s1. The first-order chi connectivity index (χ1) is 11.2. The normalized spacial score (nSPS) is 11.8. The summed E-state index contributed by atoms with van der Waals surface area (Å²) < 4.78 is 5.13. The van der Waals surface area contributed by atoms with Gasteiger partial charge in [-0.2, -0.15) is 0 Å². The van der Waals surface area contributed by atoms with Crippen LogP contribution < -0.4 is 0 Å². The van der Waals surface area contributed by atoms with Crippen molar-refractivity contribution in [2.24, 2.45) is 0 Å². The third kappa shape index (κ3) is 5.42. The van der Waals surface area contributed by atoms with Crippen molar-refractivity contribution in [3.63, 3.8) is 0 Å². The SMILES string of the molecule is C=C=C(OC)[C@H](O)CN(Cc1ccccc1)Cc1ccccc1. The predicted octanol–water partition coefficient (Wildman–Crippen LogP) is 3.36. The Hall–Kier alpha value is -2.32. The van der Waals surface area contributed by atoms with Gasteiger partial charge in [0, 0.05) is 19.6 Å². The zero-order valence-corrected chi connectivity index (χ0v) is 13.5. The van der Waals surface area contributed by atoms with E-state index in [0.29, 0.717) is 12.3 Å². The van der Waals surface area contributed by atoms with Crippen LogP contribution in [0.15, 0.2) is 78.7 Å². The van der Waals surface area contributed by atoms with Crippen molar-refractivity contribution in [2.45, 2.75) is 19.2 Å². The lowest BCUT2D eigenvalue weighted by atomic mass is 10.1. The minimum absolute atomic E-state index is 0.371. The first kappa shape index (κ1) is 17.0. The third-order valence-electron chi connectivity index (χ3n) is 3.63. The van der Waals surface area contributed by atoms with Crippen LogP contribution in [0.3, 0.4) is 0 Å². The van der Waals surface area contributed by atoms with E-state index >= 15 is 0 Å². The van der Waals surface area contributed by atoms with Crippen LogP contribution in [0.2, 0.25) is 0 Å². The van der Waals surface area contributed by atoms with E-state index in [1.807, 2.05) is 36.4 Å². The second-order valence-corrected chi connectivity index (χ2v) is 5.40. The van der Waals surface area contributed by atoms with Crippen molar-refractivity contribution >= 4 is 0 Å². The zero-order chi connectivity index (χ0) is 16.5. The monoisotopic (exact) mass is 309 g/mol. The molecule has 0 aromatic heterocycles. The molecule has 0 aliphatic carbocycles. The minimum Gasteiger partial charge on any atom is -0.490 e. The summed E-state index contributed by atoms with van der Waals surface area (Å²) in [6.45, 7) is 5.52. The maximum Gasteiger partial charge on any atom is 0.167 e. The van der Waals surface area contributed by atoms with Gasteiger partial charge in [0.1, 0.15) is 6.10 Å². The Morgan fingerprint density at radius 2 is 1.52 bits per heavy atom. The van der Waals surface area contributed by atoms with Gasteiger partial charge in [-0.15, -0.1) is 0 Å². The van der Waals surface area contributed by atoms with Crippen molar-refractivity contribution in [1.82, 2.24) is 4.90 Å². The highest BCUT2D eigenvalue weighted by Gasteiger charge is 2.17. The van der Waals surface area contributed by atoms with Gasteiger partial charge in [0.25, 0.3) is 0 Å². The molecular formula is C20H23NO2. The maximum absolute atomic E-state index is 10.3. The number of aliphatic hydroxyl groups is 1. The Kier molecular flexibility index (Phi) is 6.64. The van der Waals surface area contributed by atoms with E-state index < -0.39 is 6.10 Å². The van der Waals surface area contributed by atoms with Crippen LogP contribution in [0, 0.1) is 0 Å². The summed E-state index contributed by atoms with van der Waals surface area (Å²) in [6, 6.07) is 20.5. The number of aliphatic hydroxyl groups excluding tert-OH is 1. The van der Waals surface area contributed by atoms with Gasteiger partial charge in [0.15, 0.2) is 5.76 Å². The Morgan fingerprint density at radius 3 is 1.91 bits per heavy atom. The van der Waals surface area contributed by atoms with Gasteiger partial charge < -0.3 is 9.84 Å². The molecule has 0 radical (unpaired) electrons. The highest BCUT2D eigenvalue weighted by atomic mass is 16.5. The van der Waals surface area contributed by atoms with Crippen LogP contribution in [-0.2, 0) is 17.8 Å². The van der Waals surface area contributed by atoms with E-state index in [4.69, 9.17) is 4.74 Å². The summed E-state index contributed by atoms with van der Waals surface area (Å²) in [6.07, 6.45) is -0.745. The quantitative estimate of drug-likeness (QED) is 0.599. The largest absolute Gasteiger partial charge is 0.490 e. The molecule has 0 heterocycles. The highest BCUT2D eigenvalue weighted by molar-refractivity contribution is 5.17. The molecule has 0 unspecified atom stereocenters. The molecule has 3 nitrogen and oxygen atoms in total. The molecule has 0 fully saturated rings. The second-order valence-electron chi connectivity index (χ2n) is 5.40. The molecule has 0 spiro atoms. The van der Waals surface area contributed by atoms with Crippen molar-refractivity contribution in [3.8, 4) is 0 Å².